The fourth-order valence-electron chi connectivity index (χ4n) is 3.45. The first-order valence-corrected chi connectivity index (χ1v) is 9.50. The third-order valence-electron chi connectivity index (χ3n) is 4.93. The summed E-state index contributed by atoms with van der Waals surface area (Å²) in [7, 11) is 1.67. The Kier molecular flexibility index (Phi) is 6.71. The minimum Gasteiger partial charge on any atom is -0.497 e. The van der Waals surface area contributed by atoms with Gasteiger partial charge < -0.3 is 14.8 Å². The van der Waals surface area contributed by atoms with Crippen molar-refractivity contribution in [2.24, 2.45) is 0 Å². The van der Waals surface area contributed by atoms with Crippen LogP contribution in [0.1, 0.15) is 30.0 Å². The van der Waals surface area contributed by atoms with Gasteiger partial charge in [0, 0.05) is 6.54 Å². The average molecular weight is 368 g/mol. The van der Waals surface area contributed by atoms with Crippen LogP contribution in [0.2, 0.25) is 0 Å². The van der Waals surface area contributed by atoms with E-state index in [0.29, 0.717) is 6.54 Å². The second-order valence-corrected chi connectivity index (χ2v) is 6.94. The van der Waals surface area contributed by atoms with Gasteiger partial charge in [-0.2, -0.15) is 0 Å². The van der Waals surface area contributed by atoms with Gasteiger partial charge >= 0.3 is 0 Å². The fraction of sp³-hybridized carbons (Fsp3) is 0.409. The Morgan fingerprint density at radius 2 is 1.85 bits per heavy atom. The number of nitrogens with zero attached hydrogens (tertiary/aromatic N) is 1. The number of hydrogen-bond donors (Lipinski definition) is 1. The number of carbonyl (C=O) groups is 1. The summed E-state index contributed by atoms with van der Waals surface area (Å²) in [5.41, 5.74) is 2.30. The lowest BCUT2D eigenvalue weighted by Crippen LogP contribution is -2.38. The monoisotopic (exact) mass is 368 g/mol. The lowest BCUT2D eigenvalue weighted by molar-refractivity contribution is -0.123. The van der Waals surface area contributed by atoms with Crippen molar-refractivity contribution in [2.75, 3.05) is 33.4 Å². The van der Waals surface area contributed by atoms with E-state index < -0.39 is 0 Å². The average Bonchev–Trinajstić information content (AvgIpc) is 3.21. The van der Waals surface area contributed by atoms with E-state index in [-0.39, 0.29) is 18.6 Å². The molecular formula is C22H28N2O3. The summed E-state index contributed by atoms with van der Waals surface area (Å²) < 4.78 is 10.9. The van der Waals surface area contributed by atoms with Gasteiger partial charge in [-0.25, -0.2) is 0 Å². The Hall–Kier alpha value is -2.53. The molecule has 1 aliphatic heterocycles. The van der Waals surface area contributed by atoms with Crippen molar-refractivity contribution in [1.29, 1.82) is 0 Å². The molecule has 5 heteroatoms. The fourth-order valence-corrected chi connectivity index (χ4v) is 3.45. The summed E-state index contributed by atoms with van der Waals surface area (Å²) in [6.45, 7) is 4.72. The Labute approximate surface area is 161 Å². The van der Waals surface area contributed by atoms with E-state index in [1.165, 1.54) is 18.4 Å². The quantitative estimate of drug-likeness (QED) is 0.776. The van der Waals surface area contributed by atoms with Gasteiger partial charge in [-0.05, 0) is 68.2 Å². The first-order chi connectivity index (χ1) is 13.2. The number of ether oxygens (including phenoxy) is 2. The summed E-state index contributed by atoms with van der Waals surface area (Å²) in [4.78, 5) is 14.7. The van der Waals surface area contributed by atoms with Crippen LogP contribution in [0.4, 0.5) is 0 Å². The Bertz CT molecular complexity index is 739. The number of hydrogen-bond acceptors (Lipinski definition) is 4. The van der Waals surface area contributed by atoms with Crippen molar-refractivity contribution >= 4 is 5.91 Å². The molecule has 144 valence electrons. The molecule has 1 N–H and O–H groups in total. The molecule has 3 rings (SSSR count). The van der Waals surface area contributed by atoms with E-state index in [1.54, 1.807) is 7.11 Å². The molecule has 27 heavy (non-hydrogen) atoms. The molecule has 0 unspecified atom stereocenters. The molecule has 1 atom stereocenters. The molecule has 0 spiro atoms. The van der Waals surface area contributed by atoms with Crippen LogP contribution >= 0.6 is 0 Å². The number of benzene rings is 2. The molecule has 2 aromatic carbocycles. The number of aryl methyl sites for hydroxylation is 1. The molecule has 1 heterocycles. The normalized spacial score (nSPS) is 15.3. The van der Waals surface area contributed by atoms with Gasteiger partial charge in [0.1, 0.15) is 11.5 Å². The predicted octanol–water partition coefficient (Wildman–Crippen LogP) is 3.34. The number of methoxy groups -OCH3 is 1. The molecule has 0 aliphatic carbocycles. The number of likely N-dealkylation sites (tertiary alicyclic amines) is 1. The van der Waals surface area contributed by atoms with Crippen LogP contribution in [-0.4, -0.2) is 44.2 Å². The third-order valence-corrected chi connectivity index (χ3v) is 4.93. The molecule has 1 amide bonds. The Morgan fingerprint density at radius 1 is 1.11 bits per heavy atom. The van der Waals surface area contributed by atoms with E-state index >= 15 is 0 Å². The van der Waals surface area contributed by atoms with Crippen molar-refractivity contribution < 1.29 is 14.3 Å². The van der Waals surface area contributed by atoms with E-state index in [1.807, 2.05) is 43.3 Å². The molecule has 1 saturated heterocycles. The number of amides is 1. The van der Waals surface area contributed by atoms with Crippen molar-refractivity contribution in [3.8, 4) is 11.5 Å². The van der Waals surface area contributed by atoms with Crippen molar-refractivity contribution in [2.45, 2.75) is 25.8 Å². The maximum Gasteiger partial charge on any atom is 0.258 e. The molecule has 0 bridgehead atoms. The van der Waals surface area contributed by atoms with Gasteiger partial charge in [-0.1, -0.05) is 24.3 Å². The van der Waals surface area contributed by atoms with E-state index in [4.69, 9.17) is 9.47 Å². The van der Waals surface area contributed by atoms with Gasteiger partial charge in [0.05, 0.1) is 13.2 Å². The Balaban J connectivity index is 1.57. The lowest BCUT2D eigenvalue weighted by Gasteiger charge is -2.28. The van der Waals surface area contributed by atoms with Gasteiger partial charge in [-0.15, -0.1) is 0 Å². The van der Waals surface area contributed by atoms with Crippen molar-refractivity contribution in [3.63, 3.8) is 0 Å². The highest BCUT2D eigenvalue weighted by molar-refractivity contribution is 5.77. The zero-order chi connectivity index (χ0) is 19.1. The highest BCUT2D eigenvalue weighted by Gasteiger charge is 2.24. The summed E-state index contributed by atoms with van der Waals surface area (Å²) in [5.74, 6) is 1.46. The zero-order valence-corrected chi connectivity index (χ0v) is 16.1. The molecule has 1 fully saturated rings. The van der Waals surface area contributed by atoms with Crippen molar-refractivity contribution in [3.05, 3.63) is 59.7 Å². The maximum absolute atomic E-state index is 12.3. The summed E-state index contributed by atoms with van der Waals surface area (Å²) >= 11 is 0. The first-order valence-electron chi connectivity index (χ1n) is 9.50. The molecule has 0 saturated carbocycles. The molecule has 5 nitrogen and oxygen atoms in total. The zero-order valence-electron chi connectivity index (χ0n) is 16.1. The topological polar surface area (TPSA) is 50.8 Å². The Morgan fingerprint density at radius 3 is 2.52 bits per heavy atom. The predicted molar refractivity (Wildman–Crippen MR) is 106 cm³/mol. The van der Waals surface area contributed by atoms with Gasteiger partial charge in [0.15, 0.2) is 6.61 Å². The van der Waals surface area contributed by atoms with Crippen LogP contribution in [-0.2, 0) is 4.79 Å². The van der Waals surface area contributed by atoms with Crippen LogP contribution in [0.3, 0.4) is 0 Å². The van der Waals surface area contributed by atoms with Gasteiger partial charge in [-0.3, -0.25) is 9.69 Å². The number of carbonyl (C=O) groups excluding carboxylic acids is 1. The molecule has 0 radical (unpaired) electrons. The second kappa shape index (κ2) is 9.42. The SMILES string of the molecule is COc1ccc([C@H](CNC(=O)COc2cccc(C)c2)N2CCCC2)cc1. The second-order valence-electron chi connectivity index (χ2n) is 6.94. The molecule has 1 aliphatic rings. The number of nitrogens with one attached hydrogen (secondary N) is 1. The third kappa shape index (κ3) is 5.47. The number of rotatable bonds is 8. The van der Waals surface area contributed by atoms with E-state index in [0.717, 1.165) is 30.2 Å². The molecule has 2 aromatic rings. The minimum atomic E-state index is -0.103. The van der Waals surface area contributed by atoms with Crippen LogP contribution in [0, 0.1) is 6.92 Å². The first kappa shape index (κ1) is 19.2. The molecular weight excluding hydrogens is 340 g/mol. The summed E-state index contributed by atoms with van der Waals surface area (Å²) in [6.07, 6.45) is 2.41. The van der Waals surface area contributed by atoms with Gasteiger partial charge in [0.2, 0.25) is 0 Å². The van der Waals surface area contributed by atoms with Crippen LogP contribution < -0.4 is 14.8 Å². The van der Waals surface area contributed by atoms with Crippen LogP contribution in [0.5, 0.6) is 11.5 Å². The highest BCUT2D eigenvalue weighted by atomic mass is 16.5. The maximum atomic E-state index is 12.3. The van der Waals surface area contributed by atoms with E-state index in [9.17, 15) is 4.79 Å². The smallest absolute Gasteiger partial charge is 0.258 e. The van der Waals surface area contributed by atoms with Gasteiger partial charge in [0.25, 0.3) is 5.91 Å². The summed E-state index contributed by atoms with van der Waals surface area (Å²) in [6, 6.07) is 16.0. The lowest BCUT2D eigenvalue weighted by atomic mass is 10.1. The standard InChI is InChI=1S/C22H28N2O3/c1-17-6-5-7-20(14-17)27-16-22(25)23-15-21(24-12-3-4-13-24)18-8-10-19(26-2)11-9-18/h5-11,14,21H,3-4,12-13,15-16H2,1-2H3,(H,23,25)/t21-/m0/s1. The van der Waals surface area contributed by atoms with E-state index in [2.05, 4.69) is 22.3 Å². The summed E-state index contributed by atoms with van der Waals surface area (Å²) in [5, 5.41) is 3.03. The van der Waals surface area contributed by atoms with Crippen LogP contribution in [0.25, 0.3) is 0 Å². The molecule has 0 aromatic heterocycles. The van der Waals surface area contributed by atoms with Crippen molar-refractivity contribution in [1.82, 2.24) is 10.2 Å². The largest absolute Gasteiger partial charge is 0.497 e. The van der Waals surface area contributed by atoms with Crippen LogP contribution in [0.15, 0.2) is 48.5 Å². The minimum absolute atomic E-state index is 0.0266. The highest BCUT2D eigenvalue weighted by Crippen LogP contribution is 2.26.